The molecule has 2 rings (SSSR count). The Kier molecular flexibility index (Phi) is 17.0. The largest absolute Gasteiger partial charge is 0.447 e. The number of benzene rings is 2. The Balaban J connectivity index is 0.00000123. The van der Waals surface area contributed by atoms with E-state index in [1.165, 1.54) is 6.26 Å². The molecule has 0 aliphatic heterocycles. The number of carbonyl (C=O) groups excluding carboxylic acids is 4. The second-order valence-corrected chi connectivity index (χ2v) is 14.2. The second kappa shape index (κ2) is 19.5. The van der Waals surface area contributed by atoms with Gasteiger partial charge in [0.2, 0.25) is 11.8 Å². The third-order valence-corrected chi connectivity index (χ3v) is 8.28. The minimum Gasteiger partial charge on any atom is -0.447 e. The maximum Gasteiger partial charge on any atom is 0.407 e. The van der Waals surface area contributed by atoms with Crippen LogP contribution in [-0.2, 0) is 30.6 Å². The first kappa shape index (κ1) is 38.3. The van der Waals surface area contributed by atoms with E-state index in [0.29, 0.717) is 24.8 Å². The average molecular weight is 632 g/mol. The Hall–Kier alpha value is -3.73. The summed E-state index contributed by atoms with van der Waals surface area (Å²) >= 11 is 0. The minimum absolute atomic E-state index is 0.0586. The van der Waals surface area contributed by atoms with Gasteiger partial charge in [0.15, 0.2) is 5.78 Å². The number of rotatable bonds is 15. The molecule has 3 N–H and O–H groups in total. The summed E-state index contributed by atoms with van der Waals surface area (Å²) in [5.74, 6) is -0.705. The molecule has 3 amide bonds. The molecule has 0 aliphatic rings. The van der Waals surface area contributed by atoms with Crippen LogP contribution in [0.4, 0.5) is 4.79 Å². The molecule has 11 heteroatoms. The number of hydrogen-bond donors (Lipinski definition) is 3. The van der Waals surface area contributed by atoms with Crippen molar-refractivity contribution in [2.24, 2.45) is 5.92 Å². The Morgan fingerprint density at radius 1 is 0.795 bits per heavy atom. The van der Waals surface area contributed by atoms with Gasteiger partial charge in [-0.15, -0.1) is 0 Å². The van der Waals surface area contributed by atoms with Gasteiger partial charge in [-0.2, -0.15) is 0 Å². The molecule has 244 valence electrons. The molecule has 0 heterocycles. The van der Waals surface area contributed by atoms with Gasteiger partial charge in [-0.1, -0.05) is 74.5 Å². The summed E-state index contributed by atoms with van der Waals surface area (Å²) in [4.78, 5) is 49.7. The fourth-order valence-corrected chi connectivity index (χ4v) is 3.88. The minimum atomic E-state index is -2.74. The zero-order valence-corrected chi connectivity index (χ0v) is 27.8. The maximum absolute atomic E-state index is 12.9. The number of hydrogen-bond acceptors (Lipinski definition) is 7. The van der Waals surface area contributed by atoms with E-state index in [1.807, 2.05) is 50.2 Å². The Morgan fingerprint density at radius 3 is 1.84 bits per heavy atom. The summed E-state index contributed by atoms with van der Waals surface area (Å²) in [5.41, 5.74) is 1.62. The second-order valence-electron chi connectivity index (χ2n) is 11.6. The zero-order valence-electron chi connectivity index (χ0n) is 27.0. The van der Waals surface area contributed by atoms with E-state index in [0.717, 1.165) is 5.56 Å². The van der Waals surface area contributed by atoms with E-state index in [1.54, 1.807) is 52.0 Å². The van der Waals surface area contributed by atoms with Crippen LogP contribution in [0.15, 0.2) is 60.7 Å². The molecule has 2 aromatic rings. The van der Waals surface area contributed by atoms with Crippen LogP contribution >= 0.6 is 0 Å². The zero-order chi connectivity index (χ0) is 33.3. The summed E-state index contributed by atoms with van der Waals surface area (Å²) in [6, 6.07) is 17.9. The number of amides is 3. The van der Waals surface area contributed by atoms with Crippen LogP contribution in [0.3, 0.4) is 0 Å². The van der Waals surface area contributed by atoms with Crippen LogP contribution in [0.25, 0.3) is 0 Å². The lowest BCUT2D eigenvalue weighted by molar-refractivity contribution is -0.122. The number of nitrogens with one attached hydrogen (secondary N) is 3. The fraction of sp³-hybridized carbons (Fsp3) is 0.515. The number of Topliss-reactive ketones (excluding diaryl/α,β-unsaturated/α-hetero) is 1. The van der Waals surface area contributed by atoms with Gasteiger partial charge in [-0.3, -0.25) is 14.4 Å². The third-order valence-electron chi connectivity index (χ3n) is 6.56. The number of alkyl carbamates (subject to hydrolysis) is 1. The first-order valence-electron chi connectivity index (χ1n) is 14.9. The van der Waals surface area contributed by atoms with Crippen molar-refractivity contribution in [3.8, 4) is 0 Å². The highest BCUT2D eigenvalue weighted by Gasteiger charge is 2.25. The van der Waals surface area contributed by atoms with Gasteiger partial charge >= 0.3 is 6.09 Å². The molecule has 0 saturated carbocycles. The summed E-state index contributed by atoms with van der Waals surface area (Å²) in [6.45, 7) is 10.4. The molecule has 2 atom stereocenters. The Morgan fingerprint density at radius 2 is 1.34 bits per heavy atom. The van der Waals surface area contributed by atoms with Gasteiger partial charge in [-0.25, -0.2) is 13.2 Å². The quantitative estimate of drug-likeness (QED) is 0.246. The van der Waals surface area contributed by atoms with Crippen molar-refractivity contribution in [2.75, 3.05) is 12.8 Å². The predicted molar refractivity (Wildman–Crippen MR) is 173 cm³/mol. The first-order chi connectivity index (χ1) is 20.6. The number of ether oxygens (including phenoxy) is 1. The van der Waals surface area contributed by atoms with Crippen molar-refractivity contribution in [2.45, 2.75) is 90.7 Å². The van der Waals surface area contributed by atoms with Gasteiger partial charge < -0.3 is 20.7 Å². The molecule has 2 unspecified atom stereocenters. The van der Waals surface area contributed by atoms with Crippen molar-refractivity contribution >= 4 is 33.5 Å². The average Bonchev–Trinajstić information content (AvgIpc) is 2.94. The molecule has 2 aromatic carbocycles. The molecule has 44 heavy (non-hydrogen) atoms. The van der Waals surface area contributed by atoms with Crippen molar-refractivity contribution in [1.82, 2.24) is 16.0 Å². The molecule has 0 radical (unpaired) electrons. The molecular formula is C33H49N3O7S. The lowest BCUT2D eigenvalue weighted by atomic mass is 9.94. The predicted octanol–water partition coefficient (Wildman–Crippen LogP) is 4.48. The lowest BCUT2D eigenvalue weighted by Gasteiger charge is -2.22. The third kappa shape index (κ3) is 16.2. The van der Waals surface area contributed by atoms with Gasteiger partial charge in [0, 0.05) is 24.3 Å². The normalized spacial score (nSPS) is 12.5. The van der Waals surface area contributed by atoms with E-state index in [-0.39, 0.29) is 53.9 Å². The summed E-state index contributed by atoms with van der Waals surface area (Å²) in [7, 11) is -2.74. The van der Waals surface area contributed by atoms with E-state index in [4.69, 9.17) is 4.74 Å². The highest BCUT2D eigenvalue weighted by atomic mass is 32.2. The van der Waals surface area contributed by atoms with Gasteiger partial charge in [-0.05, 0) is 58.4 Å². The number of carbonyl (C=O) groups is 4. The van der Waals surface area contributed by atoms with E-state index >= 15 is 0 Å². The maximum atomic E-state index is 12.9. The number of ketones is 1. The molecule has 0 spiro atoms. The van der Waals surface area contributed by atoms with Crippen LogP contribution in [0.2, 0.25) is 0 Å². The topological polar surface area (TPSA) is 148 Å². The van der Waals surface area contributed by atoms with Crippen LogP contribution in [-0.4, -0.2) is 68.3 Å². The smallest absolute Gasteiger partial charge is 0.407 e. The molecular weight excluding hydrogens is 582 g/mol. The van der Waals surface area contributed by atoms with Crippen LogP contribution in [0.1, 0.15) is 76.7 Å². The van der Waals surface area contributed by atoms with Gasteiger partial charge in [0.05, 0.1) is 17.4 Å². The van der Waals surface area contributed by atoms with Crippen LogP contribution < -0.4 is 16.0 Å². The summed E-state index contributed by atoms with van der Waals surface area (Å²) in [5, 5.41) is 8.06. The van der Waals surface area contributed by atoms with Gasteiger partial charge in [0.1, 0.15) is 16.4 Å². The highest BCUT2D eigenvalue weighted by molar-refractivity contribution is 7.91. The molecule has 0 fully saturated rings. The van der Waals surface area contributed by atoms with Crippen molar-refractivity contribution in [3.05, 3.63) is 71.8 Å². The molecule has 0 aromatic heterocycles. The molecule has 10 nitrogen and oxygen atoms in total. The monoisotopic (exact) mass is 631 g/mol. The summed E-state index contributed by atoms with van der Waals surface area (Å²) in [6.07, 6.45) is 2.21. The van der Waals surface area contributed by atoms with Crippen molar-refractivity contribution in [3.63, 3.8) is 0 Å². The highest BCUT2D eigenvalue weighted by Crippen LogP contribution is 2.13. The Labute approximate surface area is 262 Å². The van der Waals surface area contributed by atoms with Gasteiger partial charge in [0.25, 0.3) is 0 Å². The summed E-state index contributed by atoms with van der Waals surface area (Å²) < 4.78 is 25.6. The molecule has 0 bridgehead atoms. The number of sulfone groups is 1. The van der Waals surface area contributed by atoms with E-state index < -0.39 is 22.0 Å². The molecule has 0 saturated heterocycles. The van der Waals surface area contributed by atoms with E-state index in [9.17, 15) is 27.6 Å². The van der Waals surface area contributed by atoms with Crippen LogP contribution in [0.5, 0.6) is 0 Å². The fourth-order valence-electron chi connectivity index (χ4n) is 3.88. The van der Waals surface area contributed by atoms with Crippen molar-refractivity contribution in [1.29, 1.82) is 0 Å². The molecule has 0 aliphatic carbocycles. The Bertz CT molecular complexity index is 1280. The van der Waals surface area contributed by atoms with Crippen molar-refractivity contribution < 1.29 is 32.3 Å². The standard InChI is InChI=1S/C29H39N3O5.C4H10O2S/c1-20(2)27(28(35)23-14-9-6-10-15-23)32-25(33)17-11-16-24(18-22-12-7-5-8-13-22)31-26(34)19-30-29(36)37-21(3)4;1-4(2)7(3,5)6/h5-10,12-15,20-21,24,27H,11,16-19H2,1-4H3,(H,30,36)(H,31,34)(H,32,33);4H,1-3H3. The SMILES string of the molecule is CC(C)OC(=O)NCC(=O)NC(CCCC(=O)NC(C(=O)c1ccccc1)C(C)C)Cc1ccccc1.CC(C)S(C)(=O)=O. The van der Waals surface area contributed by atoms with Crippen LogP contribution in [0, 0.1) is 5.92 Å². The van der Waals surface area contributed by atoms with E-state index in [2.05, 4.69) is 16.0 Å². The first-order valence-corrected chi connectivity index (χ1v) is 16.9. The lowest BCUT2D eigenvalue weighted by Crippen LogP contribution is -2.45.